The van der Waals surface area contributed by atoms with Gasteiger partial charge in [-0.3, -0.25) is 19.6 Å². The predicted molar refractivity (Wildman–Crippen MR) is 191 cm³/mol. The Morgan fingerprint density at radius 1 is 1.00 bits per heavy atom. The molecule has 4 heterocycles. The molecule has 2 aliphatic heterocycles. The molecule has 0 unspecified atom stereocenters. The number of sulfonamides is 1. The summed E-state index contributed by atoms with van der Waals surface area (Å²) in [5.74, 6) is 1.74. The minimum atomic E-state index is -3.62. The van der Waals surface area contributed by atoms with Crippen LogP contribution in [0.2, 0.25) is 0 Å². The summed E-state index contributed by atoms with van der Waals surface area (Å²) >= 11 is 3.53. The maximum atomic E-state index is 12.3. The molecule has 2 aromatic heterocycles. The molecule has 2 aliphatic rings. The van der Waals surface area contributed by atoms with Crippen molar-refractivity contribution in [3.8, 4) is 5.75 Å². The van der Waals surface area contributed by atoms with Crippen LogP contribution in [0.4, 0.5) is 34.5 Å². The maximum absolute atomic E-state index is 12.3. The summed E-state index contributed by atoms with van der Waals surface area (Å²) in [6.07, 6.45) is 8.09. The Morgan fingerprint density at radius 2 is 1.74 bits per heavy atom. The van der Waals surface area contributed by atoms with E-state index in [1.807, 2.05) is 0 Å². The maximum Gasteiger partial charge on any atom is 0.229 e. The Hall–Kier alpha value is -3.79. The van der Waals surface area contributed by atoms with Crippen molar-refractivity contribution in [2.24, 2.45) is 0 Å². The van der Waals surface area contributed by atoms with Crippen LogP contribution < -0.4 is 30.3 Å². The van der Waals surface area contributed by atoms with Gasteiger partial charge in [-0.05, 0) is 58.5 Å². The number of anilines is 6. The molecule has 13 nitrogen and oxygen atoms in total. The van der Waals surface area contributed by atoms with Gasteiger partial charge in [0.1, 0.15) is 17.1 Å². The molecule has 6 rings (SSSR count). The molecule has 0 saturated carbocycles. The molecule has 250 valence electrons. The van der Waals surface area contributed by atoms with Gasteiger partial charge >= 0.3 is 0 Å². The average Bonchev–Trinajstić information content (AvgIpc) is 3.07. The summed E-state index contributed by atoms with van der Waals surface area (Å²) in [6.45, 7) is 10.8. The third kappa shape index (κ3) is 7.69. The van der Waals surface area contributed by atoms with Crippen molar-refractivity contribution in [3.05, 3.63) is 52.9 Å². The number of fused-ring (bicyclic) bond motifs is 1. The average molecular weight is 726 g/mol. The number of nitrogens with one attached hydrogen (secondary N) is 4. The number of piperidine rings is 1. The third-order valence-corrected chi connectivity index (χ3v) is 9.77. The third-order valence-electron chi connectivity index (χ3n) is 8.62. The lowest BCUT2D eigenvalue weighted by molar-refractivity contribution is 0.150. The fourth-order valence-electron chi connectivity index (χ4n) is 6.30. The first-order valence-corrected chi connectivity index (χ1v) is 18.5. The standard InChI is InChI=1S/C32H41BrN10O3S/c1-20(2)22-17-26(28(46-3)18-27(22)43-13-7-21(8-14-43)42-15-11-34-12-16-42)39-32-37-19-23(33)31(40-32)38-25-6-5-24-29(36-10-9-35-24)30(25)41-47(4,44)45/h5-6,9-10,17-21,34,41H,7-8,11-16H2,1-4H3,(H2,37,38,39,40). The van der Waals surface area contributed by atoms with E-state index in [0.717, 1.165) is 64.1 Å². The molecule has 0 bridgehead atoms. The predicted octanol–water partition coefficient (Wildman–Crippen LogP) is 5.05. The number of hydrogen-bond donors (Lipinski definition) is 4. The van der Waals surface area contributed by atoms with Gasteiger partial charge in [0.25, 0.3) is 0 Å². The molecule has 0 amide bonds. The van der Waals surface area contributed by atoms with Gasteiger partial charge in [-0.1, -0.05) is 13.8 Å². The van der Waals surface area contributed by atoms with Gasteiger partial charge in [-0.2, -0.15) is 4.98 Å². The number of nitrogens with zero attached hydrogens (tertiary/aromatic N) is 6. The summed E-state index contributed by atoms with van der Waals surface area (Å²) in [4.78, 5) is 23.0. The van der Waals surface area contributed by atoms with Crippen LogP contribution in [0.1, 0.15) is 38.2 Å². The lowest BCUT2D eigenvalue weighted by Crippen LogP contribution is -2.52. The van der Waals surface area contributed by atoms with E-state index in [0.29, 0.717) is 44.8 Å². The Morgan fingerprint density at radius 3 is 2.45 bits per heavy atom. The molecule has 0 aliphatic carbocycles. The van der Waals surface area contributed by atoms with E-state index in [1.54, 1.807) is 31.6 Å². The first kappa shape index (κ1) is 33.1. The van der Waals surface area contributed by atoms with Crippen LogP contribution in [-0.2, 0) is 10.0 Å². The second-order valence-corrected chi connectivity index (χ2v) is 14.8. The lowest BCUT2D eigenvalue weighted by Gasteiger charge is -2.41. The minimum absolute atomic E-state index is 0.272. The number of ether oxygens (including phenoxy) is 1. The Labute approximate surface area is 284 Å². The second-order valence-electron chi connectivity index (χ2n) is 12.2. The molecular weight excluding hydrogens is 684 g/mol. The van der Waals surface area contributed by atoms with Crippen molar-refractivity contribution in [1.82, 2.24) is 30.2 Å². The molecule has 47 heavy (non-hydrogen) atoms. The molecule has 4 aromatic rings. The van der Waals surface area contributed by atoms with Crippen molar-refractivity contribution < 1.29 is 13.2 Å². The number of aromatic nitrogens is 4. The number of halogens is 1. The van der Waals surface area contributed by atoms with Crippen molar-refractivity contribution in [2.45, 2.75) is 38.6 Å². The van der Waals surface area contributed by atoms with Gasteiger partial charge in [0.15, 0.2) is 0 Å². The fraction of sp³-hybridized carbons (Fsp3) is 0.438. The van der Waals surface area contributed by atoms with Crippen molar-refractivity contribution >= 4 is 71.5 Å². The van der Waals surface area contributed by atoms with Crippen molar-refractivity contribution in [1.29, 1.82) is 0 Å². The van der Waals surface area contributed by atoms with Gasteiger partial charge < -0.3 is 25.6 Å². The number of piperazine rings is 1. The van der Waals surface area contributed by atoms with Crippen molar-refractivity contribution in [3.63, 3.8) is 0 Å². The highest BCUT2D eigenvalue weighted by molar-refractivity contribution is 9.10. The lowest BCUT2D eigenvalue weighted by atomic mass is 9.96. The van der Waals surface area contributed by atoms with E-state index in [2.05, 4.69) is 87.3 Å². The van der Waals surface area contributed by atoms with E-state index >= 15 is 0 Å². The quantitative estimate of drug-likeness (QED) is 0.173. The SMILES string of the molecule is COc1cc(N2CCC(N3CCNCC3)CC2)c(C(C)C)cc1Nc1ncc(Br)c(Nc2ccc3nccnc3c2NS(C)(=O)=O)n1. The summed E-state index contributed by atoms with van der Waals surface area (Å²) < 4.78 is 33.6. The Balaban J connectivity index is 1.26. The zero-order valence-electron chi connectivity index (χ0n) is 27.0. The van der Waals surface area contributed by atoms with Crippen LogP contribution in [0.3, 0.4) is 0 Å². The topological polar surface area (TPSA) is 150 Å². The molecule has 0 atom stereocenters. The summed E-state index contributed by atoms with van der Waals surface area (Å²) in [7, 11) is -1.95. The number of benzene rings is 2. The van der Waals surface area contributed by atoms with Gasteiger partial charge in [-0.25, -0.2) is 13.4 Å². The summed E-state index contributed by atoms with van der Waals surface area (Å²) in [5.41, 5.74) is 4.86. The van der Waals surface area contributed by atoms with Gasteiger partial charge in [0.2, 0.25) is 16.0 Å². The van der Waals surface area contributed by atoms with Crippen LogP contribution in [0.5, 0.6) is 5.75 Å². The van der Waals surface area contributed by atoms with E-state index in [9.17, 15) is 8.42 Å². The first-order chi connectivity index (χ1) is 22.6. The van der Waals surface area contributed by atoms with Crippen LogP contribution >= 0.6 is 15.9 Å². The molecule has 2 aromatic carbocycles. The van der Waals surface area contributed by atoms with Crippen LogP contribution in [0, 0.1) is 0 Å². The zero-order chi connectivity index (χ0) is 33.1. The van der Waals surface area contributed by atoms with Gasteiger partial charge in [-0.15, -0.1) is 0 Å². The summed E-state index contributed by atoms with van der Waals surface area (Å²) in [5, 5.41) is 10.1. The molecule has 0 spiro atoms. The van der Waals surface area contributed by atoms with Crippen LogP contribution in [0.25, 0.3) is 11.0 Å². The minimum Gasteiger partial charge on any atom is -0.494 e. The molecular formula is C32H41BrN10O3S. The fourth-order valence-corrected chi connectivity index (χ4v) is 7.17. The second kappa shape index (κ2) is 14.1. The smallest absolute Gasteiger partial charge is 0.229 e. The highest BCUT2D eigenvalue weighted by Gasteiger charge is 2.28. The molecule has 2 saturated heterocycles. The monoisotopic (exact) mass is 724 g/mol. The highest BCUT2D eigenvalue weighted by Crippen LogP contribution is 2.40. The highest BCUT2D eigenvalue weighted by atomic mass is 79.9. The molecule has 15 heteroatoms. The van der Waals surface area contributed by atoms with E-state index in [-0.39, 0.29) is 11.6 Å². The number of rotatable bonds is 10. The molecule has 2 fully saturated rings. The normalized spacial score (nSPS) is 16.4. The summed E-state index contributed by atoms with van der Waals surface area (Å²) in [6, 6.07) is 8.39. The largest absolute Gasteiger partial charge is 0.494 e. The van der Waals surface area contributed by atoms with E-state index in [1.165, 1.54) is 17.4 Å². The van der Waals surface area contributed by atoms with E-state index in [4.69, 9.17) is 9.72 Å². The van der Waals surface area contributed by atoms with Gasteiger partial charge in [0.05, 0.1) is 40.4 Å². The van der Waals surface area contributed by atoms with Crippen LogP contribution in [-0.4, -0.2) is 91.9 Å². The van der Waals surface area contributed by atoms with Crippen LogP contribution in [0.15, 0.2) is 47.3 Å². The van der Waals surface area contributed by atoms with Crippen molar-refractivity contribution in [2.75, 3.05) is 72.9 Å². The number of methoxy groups -OCH3 is 1. The molecule has 0 radical (unpaired) electrons. The van der Waals surface area contributed by atoms with Gasteiger partial charge in [0, 0.05) is 75.7 Å². The van der Waals surface area contributed by atoms with E-state index < -0.39 is 10.0 Å². The Bertz CT molecular complexity index is 1840. The number of hydrogen-bond acceptors (Lipinski definition) is 12. The first-order valence-electron chi connectivity index (χ1n) is 15.8. The molecule has 4 N–H and O–H groups in total. The Kier molecular flexibility index (Phi) is 9.96. The zero-order valence-corrected chi connectivity index (χ0v) is 29.4.